The van der Waals surface area contributed by atoms with Crippen molar-refractivity contribution in [3.8, 4) is 0 Å². The average Bonchev–Trinajstić information content (AvgIpc) is 3.89. The Balaban J connectivity index is 0.937. The van der Waals surface area contributed by atoms with Gasteiger partial charge in [-0.05, 0) is 50.2 Å². The van der Waals surface area contributed by atoms with E-state index in [9.17, 15) is 14.4 Å². The summed E-state index contributed by atoms with van der Waals surface area (Å²) >= 11 is 0. The van der Waals surface area contributed by atoms with E-state index in [4.69, 9.17) is 4.74 Å². The largest absolute Gasteiger partial charge is 0.369 e. The Bertz CT molecular complexity index is 1710. The minimum atomic E-state index is -1.29. The normalized spacial score (nSPS) is 31.2. The Kier molecular flexibility index (Phi) is 9.00. The van der Waals surface area contributed by atoms with Gasteiger partial charge in [0, 0.05) is 80.3 Å². The zero-order chi connectivity index (χ0) is 33.5. The number of aryl methyl sites for hydroxylation is 2. The van der Waals surface area contributed by atoms with Crippen LogP contribution >= 0.6 is 0 Å². The topological polar surface area (TPSA) is 125 Å². The van der Waals surface area contributed by atoms with Crippen LogP contribution in [0, 0.1) is 5.92 Å². The molecule has 3 N–H and O–H groups in total. The van der Waals surface area contributed by atoms with Gasteiger partial charge in [0.25, 0.3) is 5.91 Å². The second kappa shape index (κ2) is 13.7. The minimum absolute atomic E-state index is 0.00155. The first-order valence-corrected chi connectivity index (χ1v) is 18.1. The van der Waals surface area contributed by atoms with Gasteiger partial charge in [-0.25, -0.2) is 9.37 Å². The number of ether oxygens (including phenoxy) is 1. The lowest BCUT2D eigenvalue weighted by atomic mass is 9.69. The molecule has 2 aliphatic carbocycles. The molecule has 49 heavy (non-hydrogen) atoms. The summed E-state index contributed by atoms with van der Waals surface area (Å²) in [7, 11) is 0. The number of benzene rings is 1. The third kappa shape index (κ3) is 6.29. The van der Waals surface area contributed by atoms with Crippen LogP contribution in [0.3, 0.4) is 0 Å². The van der Waals surface area contributed by atoms with Crippen LogP contribution in [0.25, 0.3) is 10.9 Å². The van der Waals surface area contributed by atoms with Crippen molar-refractivity contribution in [2.45, 2.75) is 107 Å². The molecule has 2 saturated heterocycles. The molecule has 4 fully saturated rings. The standard InChI is InChI=1S/C37H46FN7O4/c38-28-18-26-33-36(34(28)44-16-12-24(20-44)42-32(46)11-10-23-19-41-29-7-2-1-6-25(23)29)49-31-9-4-3-8-30(31)45(33)21-27(35(26)47)37(48)40-13-5-15-43-17-14-39-22-43/h1-2,6-7,14,17,19,21-22,24,26,28,30-31,33-34,36,41H,3-5,8-13,15-16,18,20H2,(H,40,48)(H,42,46). The second-order valence-corrected chi connectivity index (χ2v) is 14.5. The van der Waals surface area contributed by atoms with Gasteiger partial charge < -0.3 is 29.8 Å². The molecule has 8 rings (SSSR count). The SMILES string of the molecule is O=C(CCc1c[nH]c2ccccc12)NC1CCN(C2C(F)CC3C(=O)C(C(=O)NCCCn4ccnc4)=CN4C5CCCCC5OC2C34)C1. The maximum atomic E-state index is 16.5. The Morgan fingerprint density at radius 2 is 2.00 bits per heavy atom. The van der Waals surface area contributed by atoms with E-state index >= 15 is 4.39 Å². The van der Waals surface area contributed by atoms with Crippen molar-refractivity contribution in [2.75, 3.05) is 19.6 Å². The first kappa shape index (κ1) is 32.2. The van der Waals surface area contributed by atoms with Crippen LogP contribution in [-0.4, -0.2) is 104 Å². The van der Waals surface area contributed by atoms with Gasteiger partial charge in [0.15, 0.2) is 5.78 Å². The number of carbonyl (C=O) groups excluding carboxylic acids is 3. The Morgan fingerprint density at radius 3 is 2.88 bits per heavy atom. The molecular weight excluding hydrogens is 625 g/mol. The fourth-order valence-corrected chi connectivity index (χ4v) is 9.20. The van der Waals surface area contributed by atoms with E-state index in [1.165, 1.54) is 0 Å². The molecule has 3 aliphatic heterocycles. The number of imidazole rings is 1. The van der Waals surface area contributed by atoms with Gasteiger partial charge in [0.1, 0.15) is 6.17 Å². The summed E-state index contributed by atoms with van der Waals surface area (Å²) in [6, 6.07) is 7.26. The summed E-state index contributed by atoms with van der Waals surface area (Å²) in [5.41, 5.74) is 2.32. The molecule has 8 unspecified atom stereocenters. The molecule has 2 amide bonds. The van der Waals surface area contributed by atoms with Crippen molar-refractivity contribution < 1.29 is 23.5 Å². The quantitative estimate of drug-likeness (QED) is 0.223. The monoisotopic (exact) mass is 671 g/mol. The van der Waals surface area contributed by atoms with Gasteiger partial charge in [-0.1, -0.05) is 31.0 Å². The van der Waals surface area contributed by atoms with Crippen LogP contribution in [0.2, 0.25) is 0 Å². The lowest BCUT2D eigenvalue weighted by Gasteiger charge is -2.60. The van der Waals surface area contributed by atoms with Gasteiger partial charge in [0.2, 0.25) is 5.91 Å². The number of aromatic nitrogens is 3. The molecule has 0 radical (unpaired) electrons. The van der Waals surface area contributed by atoms with Crippen LogP contribution in [0.1, 0.15) is 56.9 Å². The molecule has 8 atom stereocenters. The van der Waals surface area contributed by atoms with E-state index in [0.29, 0.717) is 45.4 Å². The van der Waals surface area contributed by atoms with Crippen molar-refractivity contribution in [1.29, 1.82) is 0 Å². The van der Waals surface area contributed by atoms with Crippen LogP contribution in [-0.2, 0) is 32.1 Å². The molecule has 1 aromatic carbocycles. The molecule has 11 nitrogen and oxygen atoms in total. The van der Waals surface area contributed by atoms with Gasteiger partial charge in [-0.3, -0.25) is 19.3 Å². The number of alkyl halides is 1. The number of Topliss-reactive ketones (excluding diaryl/α,β-unsaturated/α-hetero) is 1. The molecule has 2 saturated carbocycles. The number of aromatic amines is 1. The number of carbonyl (C=O) groups is 3. The van der Waals surface area contributed by atoms with E-state index in [1.807, 2.05) is 35.2 Å². The van der Waals surface area contributed by atoms with E-state index in [1.54, 1.807) is 18.7 Å². The van der Waals surface area contributed by atoms with Crippen LogP contribution in [0.4, 0.5) is 4.39 Å². The summed E-state index contributed by atoms with van der Waals surface area (Å²) < 4.78 is 25.2. The number of fused-ring (bicyclic) bond motifs is 3. The Labute approximate surface area is 285 Å². The zero-order valence-corrected chi connectivity index (χ0v) is 27.8. The number of hydrogen-bond acceptors (Lipinski definition) is 7. The summed E-state index contributed by atoms with van der Waals surface area (Å²) in [5.74, 6) is -1.30. The molecule has 0 bridgehead atoms. The number of rotatable bonds is 10. The van der Waals surface area contributed by atoms with E-state index in [0.717, 1.165) is 48.6 Å². The highest BCUT2D eigenvalue weighted by Crippen LogP contribution is 2.47. The number of H-pyrrole nitrogens is 1. The van der Waals surface area contributed by atoms with E-state index in [-0.39, 0.29) is 53.8 Å². The molecule has 3 aromatic rings. The minimum Gasteiger partial charge on any atom is -0.369 e. The van der Waals surface area contributed by atoms with Gasteiger partial charge in [0.05, 0.1) is 42.2 Å². The first-order valence-electron chi connectivity index (χ1n) is 18.1. The van der Waals surface area contributed by atoms with Gasteiger partial charge >= 0.3 is 0 Å². The Hall–Kier alpha value is -4.03. The summed E-state index contributed by atoms with van der Waals surface area (Å²) in [5, 5.41) is 7.28. The maximum absolute atomic E-state index is 16.5. The third-order valence-electron chi connectivity index (χ3n) is 11.5. The van der Waals surface area contributed by atoms with Crippen molar-refractivity contribution >= 4 is 28.5 Å². The number of likely N-dealkylation sites (tertiary alicyclic amines) is 1. The molecule has 2 aromatic heterocycles. The molecule has 5 aliphatic rings. The molecular formula is C37H46FN7O4. The Morgan fingerprint density at radius 1 is 1.12 bits per heavy atom. The average molecular weight is 672 g/mol. The van der Waals surface area contributed by atoms with Crippen molar-refractivity contribution in [2.24, 2.45) is 5.92 Å². The number of halogens is 1. The van der Waals surface area contributed by atoms with Crippen LogP contribution < -0.4 is 10.6 Å². The van der Waals surface area contributed by atoms with Crippen LogP contribution in [0.5, 0.6) is 0 Å². The highest BCUT2D eigenvalue weighted by atomic mass is 19.1. The fraction of sp³-hybridized carbons (Fsp3) is 0.568. The number of nitrogens with one attached hydrogen (secondary N) is 3. The number of nitrogens with zero attached hydrogens (tertiary/aromatic N) is 4. The third-order valence-corrected chi connectivity index (χ3v) is 11.5. The number of hydrogen-bond donors (Lipinski definition) is 3. The zero-order valence-electron chi connectivity index (χ0n) is 27.8. The molecule has 12 heteroatoms. The van der Waals surface area contributed by atoms with Crippen LogP contribution in [0.15, 0.2) is 61.0 Å². The molecule has 5 heterocycles. The summed E-state index contributed by atoms with van der Waals surface area (Å²) in [6.07, 6.45) is 13.7. The highest BCUT2D eigenvalue weighted by molar-refractivity contribution is 6.20. The smallest absolute Gasteiger partial charge is 0.256 e. The predicted octanol–water partition coefficient (Wildman–Crippen LogP) is 3.27. The van der Waals surface area contributed by atoms with Gasteiger partial charge in [-0.15, -0.1) is 0 Å². The highest BCUT2D eigenvalue weighted by Gasteiger charge is 2.59. The maximum Gasteiger partial charge on any atom is 0.256 e. The lowest BCUT2D eigenvalue weighted by molar-refractivity contribution is -0.209. The summed E-state index contributed by atoms with van der Waals surface area (Å²) in [6.45, 7) is 2.34. The van der Waals surface area contributed by atoms with Crippen molar-refractivity contribution in [3.05, 3.63) is 66.5 Å². The number of morpholine rings is 1. The van der Waals surface area contributed by atoms with E-state index < -0.39 is 24.2 Å². The van der Waals surface area contributed by atoms with Crippen molar-refractivity contribution in [1.82, 2.24) is 35.0 Å². The second-order valence-electron chi connectivity index (χ2n) is 14.5. The van der Waals surface area contributed by atoms with Gasteiger partial charge in [-0.2, -0.15) is 0 Å². The molecule has 0 spiro atoms. The predicted molar refractivity (Wildman–Crippen MR) is 181 cm³/mol. The fourth-order valence-electron chi connectivity index (χ4n) is 9.20. The molecule has 260 valence electrons. The summed E-state index contributed by atoms with van der Waals surface area (Å²) in [4.78, 5) is 52.0. The van der Waals surface area contributed by atoms with E-state index in [2.05, 4.69) is 36.5 Å². The number of para-hydroxylation sites is 1. The first-order chi connectivity index (χ1) is 23.9. The number of ketones is 1. The number of amides is 2. The lowest BCUT2D eigenvalue weighted by Crippen LogP contribution is -2.73. The van der Waals surface area contributed by atoms with Crippen molar-refractivity contribution in [3.63, 3.8) is 0 Å².